The van der Waals surface area contributed by atoms with Gasteiger partial charge in [0.25, 0.3) is 0 Å². The lowest BCUT2D eigenvalue weighted by atomic mass is 10.1. The van der Waals surface area contributed by atoms with E-state index in [1.165, 1.54) is 5.01 Å². The molecule has 0 radical (unpaired) electrons. The Morgan fingerprint density at radius 2 is 2.20 bits per heavy atom. The maximum Gasteiger partial charge on any atom is 0.338 e. The first-order chi connectivity index (χ1) is 9.70. The third kappa shape index (κ3) is 3.63. The van der Waals surface area contributed by atoms with Crippen LogP contribution < -0.4 is 16.1 Å². The summed E-state index contributed by atoms with van der Waals surface area (Å²) >= 11 is 0. The first-order valence-corrected chi connectivity index (χ1v) is 6.91. The fourth-order valence-corrected chi connectivity index (χ4v) is 2.14. The van der Waals surface area contributed by atoms with Crippen molar-refractivity contribution in [1.82, 2.24) is 15.8 Å². The molecule has 0 atom stereocenters. The molecule has 2 rings (SSSR count). The number of rotatable bonds is 4. The van der Waals surface area contributed by atoms with Crippen molar-refractivity contribution in [2.75, 3.05) is 18.4 Å². The van der Waals surface area contributed by atoms with Crippen LogP contribution in [0.4, 0.5) is 15.3 Å². The Morgan fingerprint density at radius 3 is 2.95 bits per heavy atom. The number of hydrogen-bond acceptors (Lipinski definition) is 2. The average Bonchev–Trinajstić information content (AvgIpc) is 2.44. The molecular formula is C14H20N4O2. The number of carbonyl (C=O) groups is 2. The maximum absolute atomic E-state index is 11.9. The molecule has 0 unspecified atom stereocenters. The van der Waals surface area contributed by atoms with E-state index in [-0.39, 0.29) is 6.03 Å². The zero-order chi connectivity index (χ0) is 14.4. The molecule has 4 amide bonds. The van der Waals surface area contributed by atoms with E-state index < -0.39 is 6.03 Å². The predicted molar refractivity (Wildman–Crippen MR) is 77.3 cm³/mol. The van der Waals surface area contributed by atoms with Gasteiger partial charge in [0.2, 0.25) is 0 Å². The second kappa shape index (κ2) is 6.79. The molecule has 108 valence electrons. The quantitative estimate of drug-likeness (QED) is 0.788. The van der Waals surface area contributed by atoms with Crippen molar-refractivity contribution in [2.45, 2.75) is 26.2 Å². The largest absolute Gasteiger partial charge is 0.338 e. The van der Waals surface area contributed by atoms with Crippen LogP contribution >= 0.6 is 0 Å². The van der Waals surface area contributed by atoms with Gasteiger partial charge in [0.1, 0.15) is 0 Å². The van der Waals surface area contributed by atoms with E-state index in [0.717, 1.165) is 30.5 Å². The second-order valence-corrected chi connectivity index (χ2v) is 4.71. The van der Waals surface area contributed by atoms with Gasteiger partial charge in [-0.05, 0) is 24.5 Å². The van der Waals surface area contributed by atoms with Gasteiger partial charge in [0.15, 0.2) is 0 Å². The Kier molecular flexibility index (Phi) is 4.81. The molecule has 6 heteroatoms. The van der Waals surface area contributed by atoms with Crippen LogP contribution in [-0.4, -0.2) is 30.2 Å². The molecule has 1 aliphatic rings. The van der Waals surface area contributed by atoms with Crippen molar-refractivity contribution in [2.24, 2.45) is 0 Å². The first-order valence-electron chi connectivity index (χ1n) is 6.91. The zero-order valence-electron chi connectivity index (χ0n) is 11.6. The number of amides is 4. The van der Waals surface area contributed by atoms with Crippen molar-refractivity contribution in [1.29, 1.82) is 0 Å². The Morgan fingerprint density at radius 1 is 1.40 bits per heavy atom. The van der Waals surface area contributed by atoms with E-state index in [2.05, 4.69) is 23.0 Å². The van der Waals surface area contributed by atoms with Gasteiger partial charge in [-0.15, -0.1) is 0 Å². The number of benzene rings is 1. The molecule has 1 aliphatic heterocycles. The molecule has 1 saturated heterocycles. The Hall–Kier alpha value is -2.24. The van der Waals surface area contributed by atoms with Gasteiger partial charge < -0.3 is 10.6 Å². The van der Waals surface area contributed by atoms with E-state index in [1.54, 1.807) is 0 Å². The minimum atomic E-state index is -0.398. The molecule has 1 fully saturated rings. The van der Waals surface area contributed by atoms with E-state index in [1.807, 2.05) is 24.3 Å². The summed E-state index contributed by atoms with van der Waals surface area (Å²) in [6.07, 6.45) is 2.73. The topological polar surface area (TPSA) is 73.5 Å². The zero-order valence-corrected chi connectivity index (χ0v) is 11.6. The van der Waals surface area contributed by atoms with Gasteiger partial charge in [-0.25, -0.2) is 20.0 Å². The number of nitrogens with zero attached hydrogens (tertiary/aromatic N) is 1. The molecule has 0 aromatic heterocycles. The van der Waals surface area contributed by atoms with Crippen LogP contribution in [0.25, 0.3) is 0 Å². The molecule has 0 saturated carbocycles. The number of aryl methyl sites for hydroxylation is 1. The van der Waals surface area contributed by atoms with Crippen molar-refractivity contribution in [3.05, 3.63) is 29.8 Å². The molecule has 0 bridgehead atoms. The maximum atomic E-state index is 11.9. The summed E-state index contributed by atoms with van der Waals surface area (Å²) in [5.41, 5.74) is 4.43. The molecule has 6 nitrogen and oxygen atoms in total. The number of carbonyl (C=O) groups excluding carboxylic acids is 2. The lowest BCUT2D eigenvalue weighted by molar-refractivity contribution is 0.160. The van der Waals surface area contributed by atoms with Crippen LogP contribution in [0, 0.1) is 0 Å². The minimum absolute atomic E-state index is 0.270. The third-order valence-corrected chi connectivity index (χ3v) is 3.10. The Balaban J connectivity index is 1.95. The lowest BCUT2D eigenvalue weighted by Crippen LogP contribution is -2.55. The van der Waals surface area contributed by atoms with Crippen molar-refractivity contribution in [3.8, 4) is 0 Å². The van der Waals surface area contributed by atoms with E-state index in [9.17, 15) is 9.59 Å². The highest BCUT2D eigenvalue weighted by atomic mass is 16.2. The van der Waals surface area contributed by atoms with Crippen LogP contribution in [0.1, 0.15) is 25.3 Å². The fraction of sp³-hybridized carbons (Fsp3) is 0.429. The van der Waals surface area contributed by atoms with Gasteiger partial charge >= 0.3 is 12.1 Å². The highest BCUT2D eigenvalue weighted by Crippen LogP contribution is 2.16. The van der Waals surface area contributed by atoms with Crippen LogP contribution in [0.3, 0.4) is 0 Å². The Bertz CT molecular complexity index is 490. The third-order valence-electron chi connectivity index (χ3n) is 3.10. The second-order valence-electron chi connectivity index (χ2n) is 4.71. The fourth-order valence-electron chi connectivity index (χ4n) is 2.14. The van der Waals surface area contributed by atoms with Gasteiger partial charge in [-0.2, -0.15) is 0 Å². The summed E-state index contributed by atoms with van der Waals surface area (Å²) in [7, 11) is 0. The molecule has 1 heterocycles. The molecule has 20 heavy (non-hydrogen) atoms. The lowest BCUT2D eigenvalue weighted by Gasteiger charge is -2.27. The summed E-state index contributed by atoms with van der Waals surface area (Å²) in [6, 6.07) is 7.01. The summed E-state index contributed by atoms with van der Waals surface area (Å²) in [5.74, 6) is 0. The number of para-hydroxylation sites is 1. The molecule has 1 aromatic rings. The summed E-state index contributed by atoms with van der Waals surface area (Å²) in [5, 5.41) is 6.76. The molecule has 0 spiro atoms. The van der Waals surface area contributed by atoms with Crippen molar-refractivity contribution < 1.29 is 9.59 Å². The molecule has 1 aromatic carbocycles. The van der Waals surface area contributed by atoms with E-state index in [0.29, 0.717) is 13.1 Å². The standard InChI is InChI=1S/C14H20N4O2/c1-2-6-11-7-3-4-8-12(11)16-13(19)17-18-10-5-9-15-14(18)20/h3-4,7-8H,2,5-6,9-10H2,1H3,(H,15,20)(H2,16,17,19). The normalized spacial score (nSPS) is 14.7. The first kappa shape index (κ1) is 14.2. The monoisotopic (exact) mass is 276 g/mol. The van der Waals surface area contributed by atoms with E-state index >= 15 is 0 Å². The number of hydrazine groups is 1. The smallest absolute Gasteiger partial charge is 0.336 e. The number of anilines is 1. The van der Waals surface area contributed by atoms with Gasteiger partial charge in [0.05, 0.1) is 0 Å². The minimum Gasteiger partial charge on any atom is -0.336 e. The highest BCUT2D eigenvalue weighted by Gasteiger charge is 2.19. The number of nitrogens with one attached hydrogen (secondary N) is 3. The summed E-state index contributed by atoms with van der Waals surface area (Å²) < 4.78 is 0. The van der Waals surface area contributed by atoms with Crippen LogP contribution in [0.5, 0.6) is 0 Å². The number of hydrogen-bond donors (Lipinski definition) is 3. The van der Waals surface area contributed by atoms with Crippen molar-refractivity contribution >= 4 is 17.7 Å². The van der Waals surface area contributed by atoms with Crippen molar-refractivity contribution in [3.63, 3.8) is 0 Å². The highest BCUT2D eigenvalue weighted by molar-refractivity contribution is 5.91. The molecule has 3 N–H and O–H groups in total. The van der Waals surface area contributed by atoms with Gasteiger partial charge in [-0.1, -0.05) is 31.5 Å². The SMILES string of the molecule is CCCc1ccccc1NC(=O)NN1CCCNC1=O. The van der Waals surface area contributed by atoms with E-state index in [4.69, 9.17) is 0 Å². The molecular weight excluding hydrogens is 256 g/mol. The van der Waals surface area contributed by atoms with Crippen LogP contribution in [0.15, 0.2) is 24.3 Å². The Labute approximate surface area is 118 Å². The van der Waals surface area contributed by atoms with Gasteiger partial charge in [0, 0.05) is 18.8 Å². The van der Waals surface area contributed by atoms with Crippen LogP contribution in [0.2, 0.25) is 0 Å². The molecule has 0 aliphatic carbocycles. The average molecular weight is 276 g/mol. The predicted octanol–water partition coefficient (Wildman–Crippen LogP) is 2.09. The summed E-state index contributed by atoms with van der Waals surface area (Å²) in [4.78, 5) is 23.5. The van der Waals surface area contributed by atoms with Crippen LogP contribution in [-0.2, 0) is 6.42 Å². The summed E-state index contributed by atoms with van der Waals surface area (Å²) in [6.45, 7) is 3.27. The van der Waals surface area contributed by atoms with Gasteiger partial charge in [-0.3, -0.25) is 0 Å². The number of urea groups is 2.